The van der Waals surface area contributed by atoms with Gasteiger partial charge in [-0.2, -0.15) is 13.2 Å². The van der Waals surface area contributed by atoms with Crippen LogP contribution in [0.1, 0.15) is 35.1 Å². The lowest BCUT2D eigenvalue weighted by molar-refractivity contribution is -0.137. The van der Waals surface area contributed by atoms with Gasteiger partial charge >= 0.3 is 6.18 Å². The molecule has 1 atom stereocenters. The summed E-state index contributed by atoms with van der Waals surface area (Å²) in [5.74, 6) is -0.156. The van der Waals surface area contributed by atoms with Gasteiger partial charge in [-0.3, -0.25) is 9.69 Å². The van der Waals surface area contributed by atoms with Gasteiger partial charge in [-0.05, 0) is 78.4 Å². The van der Waals surface area contributed by atoms with Crippen molar-refractivity contribution in [3.63, 3.8) is 0 Å². The van der Waals surface area contributed by atoms with E-state index in [1.54, 1.807) is 6.07 Å². The van der Waals surface area contributed by atoms with Gasteiger partial charge in [0.25, 0.3) is 0 Å². The number of carbonyl (C=O) groups excluding carboxylic acids is 1. The molecular formula is C27H26ClF3N2O. The number of benzene rings is 3. The molecule has 1 N–H and O–H groups in total. The van der Waals surface area contributed by atoms with E-state index in [0.717, 1.165) is 58.8 Å². The summed E-state index contributed by atoms with van der Waals surface area (Å²) in [4.78, 5) is 15.0. The third-order valence-electron chi connectivity index (χ3n) is 6.21. The van der Waals surface area contributed by atoms with Crippen LogP contribution < -0.4 is 5.32 Å². The molecule has 1 aliphatic heterocycles. The number of likely N-dealkylation sites (tertiary alicyclic amines) is 1. The largest absolute Gasteiger partial charge is 0.416 e. The fraction of sp³-hybridized carbons (Fsp3) is 0.296. The molecular weight excluding hydrogens is 461 g/mol. The third kappa shape index (κ3) is 5.80. The fourth-order valence-corrected chi connectivity index (χ4v) is 4.51. The summed E-state index contributed by atoms with van der Waals surface area (Å²) < 4.78 is 38.8. The molecule has 1 fully saturated rings. The van der Waals surface area contributed by atoms with E-state index in [0.29, 0.717) is 12.1 Å². The molecule has 1 aliphatic rings. The number of rotatable bonds is 6. The highest BCUT2D eigenvalue weighted by Crippen LogP contribution is 2.30. The van der Waals surface area contributed by atoms with Gasteiger partial charge in [0.2, 0.25) is 5.91 Å². The lowest BCUT2D eigenvalue weighted by atomic mass is 10.0. The quantitative estimate of drug-likeness (QED) is 0.425. The second-order valence-corrected chi connectivity index (χ2v) is 9.12. The summed E-state index contributed by atoms with van der Waals surface area (Å²) in [5, 5.41) is 3.54. The van der Waals surface area contributed by atoms with Gasteiger partial charge in [0.15, 0.2) is 0 Å². The Labute approximate surface area is 202 Å². The summed E-state index contributed by atoms with van der Waals surface area (Å²) in [6.45, 7) is 3.45. The molecule has 1 saturated heterocycles. The standard InChI is InChI=1S/C27H26ClF3N2O/c1-18-10-11-22(15-24(18)28)21-7-2-6-20(13-21)17-33-12-4-9-25(33)26(34)32-16-19-5-3-8-23(14-19)27(29,30)31/h2-3,5-8,10-11,13-15,25H,4,9,12,16-17H2,1H3,(H,32,34). The number of halogens is 4. The normalized spacial score (nSPS) is 16.6. The number of aryl methyl sites for hydroxylation is 1. The molecule has 0 aliphatic carbocycles. The highest BCUT2D eigenvalue weighted by Gasteiger charge is 2.32. The van der Waals surface area contributed by atoms with E-state index < -0.39 is 11.7 Å². The molecule has 0 radical (unpaired) electrons. The van der Waals surface area contributed by atoms with E-state index in [-0.39, 0.29) is 18.5 Å². The first-order valence-electron chi connectivity index (χ1n) is 11.2. The Morgan fingerprint density at radius 1 is 1.03 bits per heavy atom. The Balaban J connectivity index is 1.41. The van der Waals surface area contributed by atoms with Crippen LogP contribution in [0.4, 0.5) is 13.2 Å². The van der Waals surface area contributed by atoms with E-state index in [4.69, 9.17) is 11.6 Å². The first-order chi connectivity index (χ1) is 16.2. The second-order valence-electron chi connectivity index (χ2n) is 8.71. The van der Waals surface area contributed by atoms with Crippen LogP contribution in [0, 0.1) is 6.92 Å². The maximum atomic E-state index is 12.9. The van der Waals surface area contributed by atoms with Crippen LogP contribution in [0.15, 0.2) is 66.7 Å². The Morgan fingerprint density at radius 3 is 2.53 bits per heavy atom. The predicted molar refractivity (Wildman–Crippen MR) is 128 cm³/mol. The number of hydrogen-bond donors (Lipinski definition) is 1. The first-order valence-corrected chi connectivity index (χ1v) is 11.6. The number of alkyl halides is 3. The zero-order valence-corrected chi connectivity index (χ0v) is 19.6. The van der Waals surface area contributed by atoms with Crippen LogP contribution in [-0.4, -0.2) is 23.4 Å². The molecule has 3 aromatic rings. The minimum Gasteiger partial charge on any atom is -0.351 e. The van der Waals surface area contributed by atoms with Gasteiger partial charge < -0.3 is 5.32 Å². The minimum absolute atomic E-state index is 0.0662. The number of carbonyl (C=O) groups is 1. The van der Waals surface area contributed by atoms with Crippen molar-refractivity contribution in [2.24, 2.45) is 0 Å². The van der Waals surface area contributed by atoms with Crippen LogP contribution in [0.25, 0.3) is 11.1 Å². The zero-order chi connectivity index (χ0) is 24.3. The van der Waals surface area contributed by atoms with E-state index >= 15 is 0 Å². The van der Waals surface area contributed by atoms with E-state index in [9.17, 15) is 18.0 Å². The molecule has 0 bridgehead atoms. The summed E-state index contributed by atoms with van der Waals surface area (Å²) in [5.41, 5.74) is 3.93. The Bertz CT molecular complexity index is 1180. The average molecular weight is 487 g/mol. The molecule has 1 amide bonds. The van der Waals surface area contributed by atoms with E-state index in [1.807, 2.05) is 43.3 Å². The van der Waals surface area contributed by atoms with Crippen LogP contribution in [0.3, 0.4) is 0 Å². The summed E-state index contributed by atoms with van der Waals surface area (Å²) in [6.07, 6.45) is -2.78. The van der Waals surface area contributed by atoms with E-state index in [1.165, 1.54) is 6.07 Å². The molecule has 7 heteroatoms. The maximum absolute atomic E-state index is 12.9. The average Bonchev–Trinajstić information content (AvgIpc) is 3.27. The Kier molecular flexibility index (Phi) is 7.29. The molecule has 3 nitrogen and oxygen atoms in total. The van der Waals surface area contributed by atoms with Gasteiger partial charge in [-0.25, -0.2) is 0 Å². The van der Waals surface area contributed by atoms with Gasteiger partial charge in [-0.1, -0.05) is 54.1 Å². The lowest BCUT2D eigenvalue weighted by Crippen LogP contribution is -2.42. The first kappa shape index (κ1) is 24.3. The van der Waals surface area contributed by atoms with Crippen molar-refractivity contribution in [2.45, 2.75) is 45.1 Å². The minimum atomic E-state index is -4.40. The highest BCUT2D eigenvalue weighted by atomic mass is 35.5. The third-order valence-corrected chi connectivity index (χ3v) is 6.61. The van der Waals surface area contributed by atoms with Crippen molar-refractivity contribution < 1.29 is 18.0 Å². The number of hydrogen-bond acceptors (Lipinski definition) is 2. The Hall–Kier alpha value is -2.83. The monoisotopic (exact) mass is 486 g/mol. The molecule has 3 aromatic carbocycles. The summed E-state index contributed by atoms with van der Waals surface area (Å²) in [6, 6.07) is 18.9. The molecule has 178 valence electrons. The number of nitrogens with zero attached hydrogens (tertiary/aromatic N) is 1. The van der Waals surface area contributed by atoms with Crippen LogP contribution in [0.2, 0.25) is 5.02 Å². The second kappa shape index (κ2) is 10.2. The topological polar surface area (TPSA) is 32.3 Å². The summed E-state index contributed by atoms with van der Waals surface area (Å²) in [7, 11) is 0. The summed E-state index contributed by atoms with van der Waals surface area (Å²) >= 11 is 6.29. The van der Waals surface area contributed by atoms with Crippen molar-refractivity contribution in [3.8, 4) is 11.1 Å². The highest BCUT2D eigenvalue weighted by molar-refractivity contribution is 6.31. The van der Waals surface area contributed by atoms with Crippen LogP contribution >= 0.6 is 11.6 Å². The fourth-order valence-electron chi connectivity index (χ4n) is 4.33. The van der Waals surface area contributed by atoms with Crippen molar-refractivity contribution >= 4 is 17.5 Å². The SMILES string of the molecule is Cc1ccc(-c2cccc(CN3CCCC3C(=O)NCc3cccc(C(F)(F)F)c3)c2)cc1Cl. The van der Waals surface area contributed by atoms with Gasteiger partial charge in [0, 0.05) is 18.1 Å². The number of amides is 1. The molecule has 1 heterocycles. The molecule has 4 rings (SSSR count). The molecule has 1 unspecified atom stereocenters. The van der Waals surface area contributed by atoms with Crippen molar-refractivity contribution in [1.29, 1.82) is 0 Å². The Morgan fingerprint density at radius 2 is 1.76 bits per heavy atom. The van der Waals surface area contributed by atoms with Gasteiger partial charge in [0.1, 0.15) is 0 Å². The lowest BCUT2D eigenvalue weighted by Gasteiger charge is -2.24. The van der Waals surface area contributed by atoms with Crippen molar-refractivity contribution in [2.75, 3.05) is 6.54 Å². The molecule has 0 aromatic heterocycles. The predicted octanol–water partition coefficient (Wildman–Crippen LogP) is 6.62. The van der Waals surface area contributed by atoms with Crippen LogP contribution in [-0.2, 0) is 24.1 Å². The van der Waals surface area contributed by atoms with Gasteiger partial charge in [-0.15, -0.1) is 0 Å². The smallest absolute Gasteiger partial charge is 0.351 e. The van der Waals surface area contributed by atoms with E-state index in [2.05, 4.69) is 16.3 Å². The van der Waals surface area contributed by atoms with Crippen molar-refractivity contribution in [3.05, 3.63) is 94.0 Å². The maximum Gasteiger partial charge on any atom is 0.416 e. The molecule has 0 saturated carbocycles. The zero-order valence-electron chi connectivity index (χ0n) is 18.8. The number of nitrogens with one attached hydrogen (secondary N) is 1. The molecule has 0 spiro atoms. The van der Waals surface area contributed by atoms with Crippen molar-refractivity contribution in [1.82, 2.24) is 10.2 Å². The van der Waals surface area contributed by atoms with Gasteiger partial charge in [0.05, 0.1) is 11.6 Å². The molecule has 34 heavy (non-hydrogen) atoms. The van der Waals surface area contributed by atoms with Crippen LogP contribution in [0.5, 0.6) is 0 Å².